The Balaban J connectivity index is 1.38. The van der Waals surface area contributed by atoms with E-state index in [4.69, 9.17) is 14.0 Å². The number of benzene rings is 2. The Morgan fingerprint density at radius 2 is 1.84 bits per heavy atom. The zero-order chi connectivity index (χ0) is 21.6. The van der Waals surface area contributed by atoms with Crippen LogP contribution in [0, 0.1) is 5.92 Å². The zero-order valence-corrected chi connectivity index (χ0v) is 17.8. The van der Waals surface area contributed by atoms with E-state index >= 15 is 0 Å². The number of ether oxygens (including phenoxy) is 2. The minimum absolute atomic E-state index is 0.0646. The fourth-order valence-corrected chi connectivity index (χ4v) is 3.54. The summed E-state index contributed by atoms with van der Waals surface area (Å²) in [5.41, 5.74) is 1.88. The normalized spacial score (nSPS) is 14.2. The highest BCUT2D eigenvalue weighted by Crippen LogP contribution is 2.34. The minimum atomic E-state index is -0.132. The maximum atomic E-state index is 12.7. The first-order chi connectivity index (χ1) is 15.1. The third-order valence-corrected chi connectivity index (χ3v) is 5.18. The van der Waals surface area contributed by atoms with Crippen LogP contribution in [0.15, 0.2) is 53.1 Å². The molecule has 0 radical (unpaired) electrons. The lowest BCUT2D eigenvalue weighted by molar-refractivity contribution is -0.122. The molecule has 31 heavy (non-hydrogen) atoms. The number of fused-ring (bicyclic) bond motifs is 1. The number of nitrogens with one attached hydrogen (secondary N) is 1. The molecule has 0 saturated heterocycles. The van der Waals surface area contributed by atoms with E-state index in [-0.39, 0.29) is 24.3 Å². The van der Waals surface area contributed by atoms with E-state index in [9.17, 15) is 4.79 Å². The molecule has 1 aromatic heterocycles. The van der Waals surface area contributed by atoms with Crippen LogP contribution in [0.5, 0.6) is 11.5 Å². The van der Waals surface area contributed by atoms with E-state index in [0.717, 1.165) is 29.0 Å². The van der Waals surface area contributed by atoms with Gasteiger partial charge in [-0.05, 0) is 23.6 Å². The first kappa shape index (κ1) is 20.9. The molecule has 1 amide bonds. The van der Waals surface area contributed by atoms with Crippen molar-refractivity contribution in [2.75, 3.05) is 13.2 Å². The molecule has 0 unspecified atom stereocenters. The smallest absolute Gasteiger partial charge is 0.227 e. The van der Waals surface area contributed by atoms with Crippen molar-refractivity contribution in [1.82, 2.24) is 15.5 Å². The van der Waals surface area contributed by atoms with Crippen molar-refractivity contribution < 1.29 is 18.8 Å². The third-order valence-electron chi connectivity index (χ3n) is 5.18. The highest BCUT2D eigenvalue weighted by Gasteiger charge is 2.21. The summed E-state index contributed by atoms with van der Waals surface area (Å²) in [4.78, 5) is 17.1. The molecule has 0 spiro atoms. The van der Waals surface area contributed by atoms with Gasteiger partial charge in [-0.25, -0.2) is 0 Å². The average Bonchev–Trinajstić information content (AvgIpc) is 3.14. The molecule has 0 saturated carbocycles. The van der Waals surface area contributed by atoms with Crippen molar-refractivity contribution in [3.63, 3.8) is 0 Å². The predicted molar refractivity (Wildman–Crippen MR) is 116 cm³/mol. The summed E-state index contributed by atoms with van der Waals surface area (Å²) in [6, 6.07) is 15.4. The third kappa shape index (κ3) is 5.23. The van der Waals surface area contributed by atoms with Crippen LogP contribution in [0.1, 0.15) is 44.2 Å². The van der Waals surface area contributed by atoms with Crippen LogP contribution in [0.4, 0.5) is 0 Å². The van der Waals surface area contributed by atoms with E-state index in [1.54, 1.807) is 0 Å². The molecule has 2 aromatic carbocycles. The van der Waals surface area contributed by atoms with Gasteiger partial charge in [0.2, 0.25) is 17.6 Å². The number of hydrogen-bond donors (Lipinski definition) is 1. The van der Waals surface area contributed by atoms with Crippen LogP contribution in [0.2, 0.25) is 0 Å². The van der Waals surface area contributed by atoms with Crippen LogP contribution in [-0.2, 0) is 11.2 Å². The lowest BCUT2D eigenvalue weighted by Crippen LogP contribution is -2.32. The molecule has 1 N–H and O–H groups in total. The van der Waals surface area contributed by atoms with Crippen molar-refractivity contribution in [2.45, 2.75) is 39.2 Å². The fraction of sp³-hybridized carbons (Fsp3) is 0.375. The Labute approximate surface area is 181 Å². The number of aryl methyl sites for hydroxylation is 1. The Morgan fingerprint density at radius 1 is 1.06 bits per heavy atom. The van der Waals surface area contributed by atoms with Crippen LogP contribution in [0.3, 0.4) is 0 Å². The summed E-state index contributed by atoms with van der Waals surface area (Å²) in [5, 5.41) is 7.14. The van der Waals surface area contributed by atoms with Crippen molar-refractivity contribution >= 4 is 5.91 Å². The summed E-state index contributed by atoms with van der Waals surface area (Å²) in [5.74, 6) is 2.61. The van der Waals surface area contributed by atoms with Crippen molar-refractivity contribution in [3.8, 4) is 22.9 Å². The molecule has 2 heterocycles. The van der Waals surface area contributed by atoms with Gasteiger partial charge in [-0.3, -0.25) is 4.79 Å². The number of hydrogen-bond acceptors (Lipinski definition) is 6. The Bertz CT molecular complexity index is 1020. The van der Waals surface area contributed by atoms with E-state index in [2.05, 4.69) is 29.3 Å². The van der Waals surface area contributed by atoms with Crippen LogP contribution in [0.25, 0.3) is 11.4 Å². The molecule has 7 heteroatoms. The number of amides is 1. The van der Waals surface area contributed by atoms with Gasteiger partial charge in [-0.1, -0.05) is 55.4 Å². The maximum absolute atomic E-state index is 12.7. The molecule has 0 fully saturated rings. The summed E-state index contributed by atoms with van der Waals surface area (Å²) < 4.78 is 16.8. The van der Waals surface area contributed by atoms with Crippen LogP contribution >= 0.6 is 0 Å². The number of aromatic nitrogens is 2. The molecule has 4 rings (SSSR count). The Morgan fingerprint density at radius 3 is 2.61 bits per heavy atom. The molecule has 3 aromatic rings. The van der Waals surface area contributed by atoms with E-state index < -0.39 is 0 Å². The van der Waals surface area contributed by atoms with E-state index in [0.29, 0.717) is 31.3 Å². The second-order valence-corrected chi connectivity index (χ2v) is 7.92. The highest BCUT2D eigenvalue weighted by atomic mass is 16.5. The first-order valence-corrected chi connectivity index (χ1v) is 10.7. The monoisotopic (exact) mass is 421 g/mol. The van der Waals surface area contributed by atoms with Gasteiger partial charge in [0, 0.05) is 24.8 Å². The second-order valence-electron chi connectivity index (χ2n) is 7.92. The van der Waals surface area contributed by atoms with Gasteiger partial charge in [0.25, 0.3) is 0 Å². The van der Waals surface area contributed by atoms with Gasteiger partial charge < -0.3 is 19.3 Å². The van der Waals surface area contributed by atoms with Gasteiger partial charge >= 0.3 is 0 Å². The number of rotatable bonds is 7. The van der Waals surface area contributed by atoms with Crippen molar-refractivity contribution in [2.24, 2.45) is 5.92 Å². The molecule has 0 bridgehead atoms. The lowest BCUT2D eigenvalue weighted by Gasteiger charge is -2.24. The zero-order valence-electron chi connectivity index (χ0n) is 17.8. The van der Waals surface area contributed by atoms with E-state index in [1.807, 2.05) is 48.5 Å². The van der Waals surface area contributed by atoms with Gasteiger partial charge in [0.1, 0.15) is 0 Å². The molecule has 7 nitrogen and oxygen atoms in total. The number of carbonyl (C=O) groups is 1. The SMILES string of the molecule is CC(C)[C@H](NC(=O)CCc1nc(-c2ccccc2)no1)c1ccc2c(c1)OCCCO2. The van der Waals surface area contributed by atoms with Crippen LogP contribution < -0.4 is 14.8 Å². The summed E-state index contributed by atoms with van der Waals surface area (Å²) in [6.45, 7) is 5.44. The molecule has 1 aliphatic heterocycles. The highest BCUT2D eigenvalue weighted by molar-refractivity contribution is 5.76. The fourth-order valence-electron chi connectivity index (χ4n) is 3.54. The summed E-state index contributed by atoms with van der Waals surface area (Å²) in [7, 11) is 0. The lowest BCUT2D eigenvalue weighted by atomic mass is 9.95. The predicted octanol–water partition coefficient (Wildman–Crippen LogP) is 4.34. The molecular formula is C24H27N3O4. The van der Waals surface area contributed by atoms with Crippen LogP contribution in [-0.4, -0.2) is 29.3 Å². The molecular weight excluding hydrogens is 394 g/mol. The standard InChI is InChI=1S/C24H27N3O4/c1-16(2)23(18-9-10-19-20(15-18)30-14-6-13-29-19)25-21(28)11-12-22-26-24(27-31-22)17-7-4-3-5-8-17/h3-5,7-10,15-16,23H,6,11-14H2,1-2H3,(H,25,28)/t23-/m0/s1. The summed E-state index contributed by atoms with van der Waals surface area (Å²) >= 11 is 0. The summed E-state index contributed by atoms with van der Waals surface area (Å²) in [6.07, 6.45) is 1.51. The molecule has 1 atom stereocenters. The van der Waals surface area contributed by atoms with Crippen molar-refractivity contribution in [3.05, 3.63) is 60.0 Å². The van der Waals surface area contributed by atoms with Gasteiger partial charge in [0.05, 0.1) is 19.3 Å². The average molecular weight is 421 g/mol. The number of carbonyl (C=O) groups excluding carboxylic acids is 1. The quantitative estimate of drug-likeness (QED) is 0.611. The molecule has 162 valence electrons. The Hall–Kier alpha value is -3.35. The van der Waals surface area contributed by atoms with E-state index in [1.165, 1.54) is 0 Å². The minimum Gasteiger partial charge on any atom is -0.490 e. The molecule has 1 aliphatic rings. The number of nitrogens with zero attached hydrogens (tertiary/aromatic N) is 2. The largest absolute Gasteiger partial charge is 0.490 e. The van der Waals surface area contributed by atoms with Crippen molar-refractivity contribution in [1.29, 1.82) is 0 Å². The Kier molecular flexibility index (Phi) is 6.50. The van der Waals surface area contributed by atoms with Gasteiger partial charge in [-0.15, -0.1) is 0 Å². The first-order valence-electron chi connectivity index (χ1n) is 10.7. The topological polar surface area (TPSA) is 86.5 Å². The van der Waals surface area contributed by atoms with Gasteiger partial charge in [0.15, 0.2) is 11.5 Å². The molecule has 0 aliphatic carbocycles. The second kappa shape index (κ2) is 9.64. The maximum Gasteiger partial charge on any atom is 0.227 e. The van der Waals surface area contributed by atoms with Gasteiger partial charge in [-0.2, -0.15) is 4.98 Å².